The lowest BCUT2D eigenvalue weighted by Gasteiger charge is -2.49. The number of hydrogen-bond acceptors (Lipinski definition) is 6. The molecular weight excluding hydrogens is 286 g/mol. The quantitative estimate of drug-likeness (QED) is 0.833. The Hall–Kier alpha value is -1.21. The second-order valence-electron chi connectivity index (χ2n) is 5.97. The minimum Gasteiger partial charge on any atom is -0.360 e. The normalized spacial score (nSPS) is 16.6. The fraction of sp³-hybridized carbons (Fsp3) is 0.786. The van der Waals surface area contributed by atoms with E-state index in [1.807, 2.05) is 7.05 Å². The van der Waals surface area contributed by atoms with Crippen molar-refractivity contribution in [2.75, 3.05) is 39.5 Å². The van der Waals surface area contributed by atoms with Crippen molar-refractivity contribution >= 4 is 22.4 Å². The first-order chi connectivity index (χ1) is 9.98. The number of nitrogens with zero attached hydrogens (tertiary/aromatic N) is 4. The third-order valence-corrected chi connectivity index (χ3v) is 5.11. The summed E-state index contributed by atoms with van der Waals surface area (Å²) in [6.45, 7) is 3.69. The van der Waals surface area contributed by atoms with E-state index in [1.165, 1.54) is 17.8 Å². The van der Waals surface area contributed by atoms with Gasteiger partial charge in [0.05, 0.1) is 0 Å². The zero-order valence-corrected chi connectivity index (χ0v) is 14.2. The van der Waals surface area contributed by atoms with E-state index >= 15 is 0 Å². The first-order valence-corrected chi connectivity index (χ1v) is 8.30. The van der Waals surface area contributed by atoms with Crippen molar-refractivity contribution in [2.45, 2.75) is 38.1 Å². The number of amides is 1. The molecule has 1 aliphatic carbocycles. The molecule has 1 fully saturated rings. The maximum absolute atomic E-state index is 12.5. The predicted octanol–water partition coefficient (Wildman–Crippen LogP) is 1.92. The maximum Gasteiger partial charge on any atom is 0.284 e. The molecule has 21 heavy (non-hydrogen) atoms. The Morgan fingerprint density at radius 2 is 2.05 bits per heavy atom. The Balaban J connectivity index is 1.97. The topological polar surface area (TPSA) is 61.4 Å². The van der Waals surface area contributed by atoms with E-state index in [1.54, 1.807) is 4.90 Å². The molecule has 1 amide bonds. The number of rotatable bonds is 7. The largest absolute Gasteiger partial charge is 0.360 e. The molecule has 2 rings (SSSR count). The Bertz CT molecular complexity index is 483. The third kappa shape index (κ3) is 3.52. The van der Waals surface area contributed by atoms with Gasteiger partial charge in [0.15, 0.2) is 0 Å². The zero-order chi connectivity index (χ0) is 15.5. The molecule has 0 radical (unpaired) electrons. The highest BCUT2D eigenvalue weighted by Crippen LogP contribution is 2.36. The molecule has 0 atom stereocenters. The van der Waals surface area contributed by atoms with Gasteiger partial charge in [-0.1, -0.05) is 18.3 Å². The molecule has 0 saturated heterocycles. The summed E-state index contributed by atoms with van der Waals surface area (Å²) < 4.78 is 0. The van der Waals surface area contributed by atoms with Crippen molar-refractivity contribution in [3.05, 3.63) is 5.01 Å². The minimum atomic E-state index is -0.0369. The van der Waals surface area contributed by atoms with Crippen molar-refractivity contribution in [1.29, 1.82) is 0 Å². The fourth-order valence-corrected chi connectivity index (χ4v) is 3.39. The first kappa shape index (κ1) is 16.2. The van der Waals surface area contributed by atoms with E-state index < -0.39 is 0 Å². The van der Waals surface area contributed by atoms with Crippen LogP contribution in [0.2, 0.25) is 0 Å². The van der Waals surface area contributed by atoms with Crippen molar-refractivity contribution in [3.8, 4) is 0 Å². The van der Waals surface area contributed by atoms with Gasteiger partial charge in [0.25, 0.3) is 5.91 Å². The Morgan fingerprint density at radius 3 is 2.57 bits per heavy atom. The van der Waals surface area contributed by atoms with Crippen LogP contribution in [-0.2, 0) is 0 Å². The summed E-state index contributed by atoms with van der Waals surface area (Å²) in [6, 6.07) is 0. The molecule has 0 aromatic carbocycles. The lowest BCUT2D eigenvalue weighted by molar-refractivity contribution is 0.0252. The van der Waals surface area contributed by atoms with Crippen LogP contribution in [0.1, 0.15) is 42.4 Å². The second-order valence-corrected chi connectivity index (χ2v) is 6.95. The van der Waals surface area contributed by atoms with E-state index in [9.17, 15) is 4.79 Å². The van der Waals surface area contributed by atoms with Crippen LogP contribution in [0.15, 0.2) is 0 Å². The van der Waals surface area contributed by atoms with E-state index in [0.717, 1.165) is 37.5 Å². The number of anilines is 1. The highest BCUT2D eigenvalue weighted by atomic mass is 32.1. The average Bonchev–Trinajstić information content (AvgIpc) is 2.87. The molecule has 1 N–H and O–H groups in total. The number of aromatic nitrogens is 2. The van der Waals surface area contributed by atoms with Gasteiger partial charge in [0.1, 0.15) is 0 Å². The molecule has 1 aromatic heterocycles. The average molecular weight is 311 g/mol. The van der Waals surface area contributed by atoms with Crippen LogP contribution in [0.4, 0.5) is 5.13 Å². The van der Waals surface area contributed by atoms with Gasteiger partial charge < -0.3 is 15.1 Å². The van der Waals surface area contributed by atoms with Crippen molar-refractivity contribution in [3.63, 3.8) is 0 Å². The number of carbonyl (C=O) groups excluding carboxylic acids is 1. The Kier molecular flexibility index (Phi) is 5.16. The van der Waals surface area contributed by atoms with Gasteiger partial charge in [-0.05, 0) is 39.8 Å². The molecule has 0 spiro atoms. The lowest BCUT2D eigenvalue weighted by atomic mass is 9.75. The molecule has 0 bridgehead atoms. The van der Waals surface area contributed by atoms with Crippen LogP contribution in [-0.4, -0.2) is 65.7 Å². The highest BCUT2D eigenvalue weighted by Gasteiger charge is 2.41. The van der Waals surface area contributed by atoms with Gasteiger partial charge in [-0.15, -0.1) is 10.2 Å². The lowest BCUT2D eigenvalue weighted by Crippen LogP contribution is -2.57. The van der Waals surface area contributed by atoms with E-state index in [2.05, 4.69) is 41.4 Å². The summed E-state index contributed by atoms with van der Waals surface area (Å²) in [4.78, 5) is 16.5. The summed E-state index contributed by atoms with van der Waals surface area (Å²) in [5, 5.41) is 12.4. The molecule has 0 aliphatic heterocycles. The van der Waals surface area contributed by atoms with Gasteiger partial charge in [-0.2, -0.15) is 0 Å². The molecule has 6 nitrogen and oxygen atoms in total. The van der Waals surface area contributed by atoms with Gasteiger partial charge in [0.2, 0.25) is 10.1 Å². The summed E-state index contributed by atoms with van der Waals surface area (Å²) in [7, 11) is 6.04. The van der Waals surface area contributed by atoms with E-state index in [0.29, 0.717) is 5.01 Å². The first-order valence-electron chi connectivity index (χ1n) is 7.49. The van der Waals surface area contributed by atoms with E-state index in [-0.39, 0.29) is 11.4 Å². The fourth-order valence-electron chi connectivity index (χ4n) is 2.62. The van der Waals surface area contributed by atoms with Gasteiger partial charge in [0, 0.05) is 25.7 Å². The minimum absolute atomic E-state index is 0.0369. The van der Waals surface area contributed by atoms with Gasteiger partial charge >= 0.3 is 0 Å². The summed E-state index contributed by atoms with van der Waals surface area (Å²) in [5.41, 5.74) is 0.137. The smallest absolute Gasteiger partial charge is 0.284 e. The van der Waals surface area contributed by atoms with Crippen LogP contribution in [0.3, 0.4) is 0 Å². The van der Waals surface area contributed by atoms with Crippen LogP contribution >= 0.6 is 11.3 Å². The summed E-state index contributed by atoms with van der Waals surface area (Å²) in [5.74, 6) is -0.0369. The molecule has 7 heteroatoms. The van der Waals surface area contributed by atoms with Crippen molar-refractivity contribution in [1.82, 2.24) is 20.0 Å². The Morgan fingerprint density at radius 1 is 1.33 bits per heavy atom. The zero-order valence-electron chi connectivity index (χ0n) is 13.3. The monoisotopic (exact) mass is 311 g/mol. The van der Waals surface area contributed by atoms with E-state index in [4.69, 9.17) is 0 Å². The molecule has 1 saturated carbocycles. The van der Waals surface area contributed by atoms with Crippen molar-refractivity contribution < 1.29 is 4.79 Å². The van der Waals surface area contributed by atoms with Gasteiger partial charge in [-0.25, -0.2) is 0 Å². The Labute approximate surface area is 130 Å². The van der Waals surface area contributed by atoms with Crippen LogP contribution in [0, 0.1) is 0 Å². The van der Waals surface area contributed by atoms with Gasteiger partial charge in [-0.3, -0.25) is 4.79 Å². The maximum atomic E-state index is 12.5. The molecule has 118 valence electrons. The van der Waals surface area contributed by atoms with Crippen LogP contribution < -0.4 is 5.32 Å². The predicted molar refractivity (Wildman–Crippen MR) is 85.9 cm³/mol. The molecule has 1 heterocycles. The highest BCUT2D eigenvalue weighted by molar-refractivity contribution is 7.17. The number of nitrogens with one attached hydrogen (secondary N) is 1. The van der Waals surface area contributed by atoms with Crippen molar-refractivity contribution in [2.24, 2.45) is 0 Å². The summed E-state index contributed by atoms with van der Waals surface area (Å²) in [6.07, 6.45) is 4.56. The molecule has 0 unspecified atom stereocenters. The standard InChI is InChI=1S/C14H25N5OS/c1-5-9-15-13-17-16-11(21-13)12(20)19(4)10-14(18(2)3)7-6-8-14/h5-10H2,1-4H3,(H,15,17). The molecular formula is C14H25N5OS. The summed E-state index contributed by atoms with van der Waals surface area (Å²) >= 11 is 1.33. The van der Waals surface area contributed by atoms with Crippen LogP contribution in [0.25, 0.3) is 0 Å². The SMILES string of the molecule is CCCNc1nnc(C(=O)N(C)CC2(N(C)C)CCC2)s1. The number of hydrogen-bond donors (Lipinski definition) is 1. The number of likely N-dealkylation sites (N-methyl/N-ethyl adjacent to an activating group) is 2. The molecule has 1 aromatic rings. The third-order valence-electron chi connectivity index (χ3n) is 4.25. The second kappa shape index (κ2) is 6.70. The number of carbonyl (C=O) groups is 1. The van der Waals surface area contributed by atoms with Crippen LogP contribution in [0.5, 0.6) is 0 Å². The molecule has 1 aliphatic rings.